The zero-order chi connectivity index (χ0) is 41.7. The summed E-state index contributed by atoms with van der Waals surface area (Å²) in [6.45, 7) is 0.0549. The Morgan fingerprint density at radius 3 is 1.16 bits per heavy atom. The van der Waals surface area contributed by atoms with Crippen molar-refractivity contribution in [2.24, 2.45) is 0 Å². The predicted octanol–water partition coefficient (Wildman–Crippen LogP) is 4.89. The van der Waals surface area contributed by atoms with Crippen LogP contribution in [0.3, 0.4) is 0 Å². The van der Waals surface area contributed by atoms with Gasteiger partial charge in [0.15, 0.2) is 5.88 Å². The third-order valence-corrected chi connectivity index (χ3v) is 8.58. The van der Waals surface area contributed by atoms with Crippen molar-refractivity contribution in [1.29, 1.82) is 0 Å². The van der Waals surface area contributed by atoms with E-state index < -0.39 is 53.1 Å². The molecule has 302 valence electrons. The van der Waals surface area contributed by atoms with Gasteiger partial charge in [0.25, 0.3) is 0 Å². The maximum absolute atomic E-state index is 11.8. The summed E-state index contributed by atoms with van der Waals surface area (Å²) in [7, 11) is 0. The molecule has 0 fully saturated rings. The Morgan fingerprint density at radius 2 is 0.724 bits per heavy atom. The van der Waals surface area contributed by atoms with Crippen molar-refractivity contribution >= 4 is 71.0 Å². The first kappa shape index (κ1) is 39.4. The highest BCUT2D eigenvalue weighted by atomic mass is 16.4. The van der Waals surface area contributed by atoms with Crippen LogP contribution in [-0.4, -0.2) is 116 Å². The number of H-pyrrole nitrogens is 2. The van der Waals surface area contributed by atoms with Crippen LogP contribution in [0.5, 0.6) is 0 Å². The molecular formula is C36H32N6O16. The lowest BCUT2D eigenvalue weighted by Crippen LogP contribution is -2.41. The highest BCUT2D eigenvalue weighted by molar-refractivity contribution is 5.88. The number of nitrogens with zero attached hydrogens (tertiary/aromatic N) is 4. The number of aromatic nitrogens is 2. The summed E-state index contributed by atoms with van der Waals surface area (Å²) in [5.74, 6) is -8.89. The number of hydrogen-bond acceptors (Lipinski definition) is 14. The van der Waals surface area contributed by atoms with Gasteiger partial charge >= 0.3 is 35.8 Å². The first-order valence-corrected chi connectivity index (χ1v) is 16.9. The minimum atomic E-state index is -1.36. The highest BCUT2D eigenvalue weighted by Gasteiger charge is 2.25. The summed E-state index contributed by atoms with van der Waals surface area (Å²) in [5.41, 5.74) is -0.320. The second-order valence-electron chi connectivity index (χ2n) is 12.2. The van der Waals surface area contributed by atoms with Crippen molar-refractivity contribution in [2.75, 3.05) is 58.9 Å². The van der Waals surface area contributed by atoms with Gasteiger partial charge in [-0.3, -0.25) is 9.80 Å². The SMILES string of the molecule is O=C(O)c1ccc(N(CCN(CCN(c2ccc(C(=O)O)[nH]2)c2ccc(C(=O)O)o2)c2ccc(C(=O)O)o2)CCN(c2ccc(C(=O)O)o2)c2ccc(C(=O)O)o2)[nH]1. The number of carboxylic acids is 6. The molecule has 0 spiro atoms. The van der Waals surface area contributed by atoms with Crippen molar-refractivity contribution in [3.8, 4) is 0 Å². The molecule has 58 heavy (non-hydrogen) atoms. The van der Waals surface area contributed by atoms with Gasteiger partial charge in [-0.05, 0) is 48.5 Å². The lowest BCUT2D eigenvalue weighted by atomic mass is 10.3. The van der Waals surface area contributed by atoms with Crippen LogP contribution in [0.2, 0.25) is 0 Å². The van der Waals surface area contributed by atoms with E-state index in [-0.39, 0.29) is 85.8 Å². The van der Waals surface area contributed by atoms with Crippen LogP contribution in [0.15, 0.2) is 90.5 Å². The van der Waals surface area contributed by atoms with Gasteiger partial charge in [-0.25, -0.2) is 28.8 Å². The molecule has 0 aromatic carbocycles. The van der Waals surface area contributed by atoms with Crippen LogP contribution in [0, 0.1) is 0 Å². The first-order valence-electron chi connectivity index (χ1n) is 16.9. The largest absolute Gasteiger partial charge is 0.477 e. The molecule has 0 aliphatic heterocycles. The molecule has 0 atom stereocenters. The van der Waals surface area contributed by atoms with E-state index in [1.54, 1.807) is 9.80 Å². The third kappa shape index (κ3) is 8.80. The maximum atomic E-state index is 11.8. The quantitative estimate of drug-likeness (QED) is 0.0480. The summed E-state index contributed by atoms with van der Waals surface area (Å²) in [5, 5.41) is 57.2. The normalized spacial score (nSPS) is 11.0. The van der Waals surface area contributed by atoms with Crippen LogP contribution < -0.4 is 19.6 Å². The molecule has 22 nitrogen and oxygen atoms in total. The number of aromatic carboxylic acids is 6. The fourth-order valence-corrected chi connectivity index (χ4v) is 5.78. The summed E-state index contributed by atoms with van der Waals surface area (Å²) in [6, 6.07) is 15.9. The minimum absolute atomic E-state index is 0.0108. The zero-order valence-electron chi connectivity index (χ0n) is 29.7. The second kappa shape index (κ2) is 16.6. The average molecular weight is 805 g/mol. The number of furan rings is 4. The van der Waals surface area contributed by atoms with Gasteiger partial charge in [-0.15, -0.1) is 0 Å². The lowest BCUT2D eigenvalue weighted by molar-refractivity contribution is 0.0652. The summed E-state index contributed by atoms with van der Waals surface area (Å²) in [4.78, 5) is 81.9. The molecule has 6 aromatic heterocycles. The van der Waals surface area contributed by atoms with Crippen LogP contribution in [0.25, 0.3) is 0 Å². The van der Waals surface area contributed by atoms with Crippen molar-refractivity contribution in [1.82, 2.24) is 9.97 Å². The second-order valence-corrected chi connectivity index (χ2v) is 12.2. The van der Waals surface area contributed by atoms with Gasteiger partial charge < -0.3 is 68.1 Å². The number of anilines is 6. The predicted molar refractivity (Wildman–Crippen MR) is 197 cm³/mol. The van der Waals surface area contributed by atoms with Gasteiger partial charge in [0.1, 0.15) is 23.0 Å². The third-order valence-electron chi connectivity index (χ3n) is 8.58. The fraction of sp³-hybridized carbons (Fsp3) is 0.167. The summed E-state index contributed by atoms with van der Waals surface area (Å²) < 4.78 is 22.2. The van der Waals surface area contributed by atoms with Gasteiger partial charge in [-0.1, -0.05) is 0 Å². The van der Waals surface area contributed by atoms with E-state index in [1.165, 1.54) is 82.6 Å². The molecule has 0 unspecified atom stereocenters. The molecule has 0 aliphatic carbocycles. The maximum Gasteiger partial charge on any atom is 0.371 e. The fourth-order valence-electron chi connectivity index (χ4n) is 5.78. The molecule has 0 saturated carbocycles. The molecule has 0 aliphatic rings. The Morgan fingerprint density at radius 1 is 0.379 bits per heavy atom. The molecule has 6 heterocycles. The van der Waals surface area contributed by atoms with Crippen molar-refractivity contribution in [3.63, 3.8) is 0 Å². The summed E-state index contributed by atoms with van der Waals surface area (Å²) in [6.07, 6.45) is 0. The van der Waals surface area contributed by atoms with E-state index in [4.69, 9.17) is 17.7 Å². The van der Waals surface area contributed by atoms with Crippen molar-refractivity contribution in [3.05, 3.63) is 107 Å². The molecule has 0 saturated heterocycles. The first-order chi connectivity index (χ1) is 27.7. The highest BCUT2D eigenvalue weighted by Crippen LogP contribution is 2.31. The Bertz CT molecular complexity index is 2190. The Kier molecular flexibility index (Phi) is 11.3. The topological polar surface area (TPSA) is 321 Å². The molecule has 22 heteroatoms. The molecule has 8 N–H and O–H groups in total. The monoisotopic (exact) mass is 804 g/mol. The van der Waals surface area contributed by atoms with E-state index in [2.05, 4.69) is 9.97 Å². The van der Waals surface area contributed by atoms with E-state index in [0.717, 1.165) is 0 Å². The number of carbonyl (C=O) groups is 6. The molecule has 0 radical (unpaired) electrons. The van der Waals surface area contributed by atoms with Gasteiger partial charge in [0.2, 0.25) is 40.7 Å². The summed E-state index contributed by atoms with van der Waals surface area (Å²) >= 11 is 0. The van der Waals surface area contributed by atoms with Crippen LogP contribution >= 0.6 is 0 Å². The van der Waals surface area contributed by atoms with E-state index in [1.807, 2.05) is 0 Å². The molecular weight excluding hydrogens is 772 g/mol. The smallest absolute Gasteiger partial charge is 0.371 e. The molecule has 0 bridgehead atoms. The number of rotatable bonds is 21. The van der Waals surface area contributed by atoms with Crippen LogP contribution in [0.1, 0.15) is 63.2 Å². The lowest BCUT2D eigenvalue weighted by Gasteiger charge is -2.31. The van der Waals surface area contributed by atoms with Gasteiger partial charge in [0.05, 0.1) is 0 Å². The van der Waals surface area contributed by atoms with Crippen LogP contribution in [-0.2, 0) is 0 Å². The Labute approximate surface area is 323 Å². The van der Waals surface area contributed by atoms with Gasteiger partial charge in [-0.2, -0.15) is 0 Å². The molecule has 6 aromatic rings. The zero-order valence-corrected chi connectivity index (χ0v) is 29.7. The van der Waals surface area contributed by atoms with Crippen molar-refractivity contribution in [2.45, 2.75) is 0 Å². The van der Waals surface area contributed by atoms with Gasteiger partial charge in [0, 0.05) is 63.5 Å². The number of aromatic amines is 2. The van der Waals surface area contributed by atoms with Crippen molar-refractivity contribution < 1.29 is 77.1 Å². The Hall–Kier alpha value is -8.30. The van der Waals surface area contributed by atoms with Crippen LogP contribution in [0.4, 0.5) is 35.2 Å². The van der Waals surface area contributed by atoms with E-state index >= 15 is 0 Å². The number of carboxylic acid groups (broad SMARTS) is 6. The average Bonchev–Trinajstić information content (AvgIpc) is 4.02. The number of hydrogen-bond donors (Lipinski definition) is 8. The minimum Gasteiger partial charge on any atom is -0.477 e. The molecule has 0 amide bonds. The van der Waals surface area contributed by atoms with E-state index in [9.17, 15) is 59.4 Å². The van der Waals surface area contributed by atoms with E-state index in [0.29, 0.717) is 5.82 Å². The number of nitrogens with one attached hydrogen (secondary N) is 2. The standard InChI is InChI=1S/C36H32N6O16/c43-31(44)19-1-7-25(37-19)39(15-18-42(29-11-5-23(57-29)35(51)52)30-12-6-24(58-30)36(53)54)13-14-40(27-9-3-21(55-27)33(47)48)16-17-41(26-8-2-20(38-26)32(45)46)28-10-4-22(56-28)34(49)50/h1-12,37-38H,13-18H2,(H,43,44)(H,45,46)(H,47,48)(H,49,50)(H,51,52)(H,53,54). The Balaban J connectivity index is 1.31. The molecule has 6 rings (SSSR count).